The molecule has 1 aromatic rings. The van der Waals surface area contributed by atoms with Crippen molar-refractivity contribution in [2.24, 2.45) is 7.05 Å². The van der Waals surface area contributed by atoms with Gasteiger partial charge in [-0.15, -0.1) is 0 Å². The molecule has 0 bridgehead atoms. The van der Waals surface area contributed by atoms with E-state index < -0.39 is 0 Å². The van der Waals surface area contributed by atoms with Crippen molar-refractivity contribution in [3.05, 3.63) is 27.7 Å². The van der Waals surface area contributed by atoms with Gasteiger partial charge in [0.05, 0.1) is 11.7 Å². The van der Waals surface area contributed by atoms with Gasteiger partial charge in [0.2, 0.25) is 11.8 Å². The van der Waals surface area contributed by atoms with Gasteiger partial charge in [0, 0.05) is 65.7 Å². The molecule has 0 saturated carbocycles. The standard InChI is InChI=1S/C17H25N5O3/c1-12(17(25)21-8-6-20(7-9-21)13(2)23)22-5-4-15-14(11-22)10-16(24)19(3)18-15/h10,12H,4-9,11H2,1-3H3/t12-/m1/s1. The molecule has 25 heavy (non-hydrogen) atoms. The molecule has 0 aromatic carbocycles. The highest BCUT2D eigenvalue weighted by molar-refractivity contribution is 5.82. The van der Waals surface area contributed by atoms with Gasteiger partial charge < -0.3 is 9.80 Å². The molecule has 3 rings (SSSR count). The Morgan fingerprint density at radius 3 is 2.40 bits per heavy atom. The number of hydrogen-bond donors (Lipinski definition) is 0. The van der Waals surface area contributed by atoms with Crippen LogP contribution in [0.3, 0.4) is 0 Å². The molecule has 1 saturated heterocycles. The van der Waals surface area contributed by atoms with Crippen LogP contribution in [0.2, 0.25) is 0 Å². The second-order valence-electron chi connectivity index (χ2n) is 6.81. The number of carbonyl (C=O) groups excluding carboxylic acids is 2. The topological polar surface area (TPSA) is 78.8 Å². The van der Waals surface area contributed by atoms with Crippen molar-refractivity contribution < 1.29 is 9.59 Å². The maximum Gasteiger partial charge on any atom is 0.266 e. The average Bonchev–Trinajstić information content (AvgIpc) is 2.61. The van der Waals surface area contributed by atoms with Gasteiger partial charge in [-0.05, 0) is 12.5 Å². The van der Waals surface area contributed by atoms with Crippen molar-refractivity contribution in [3.8, 4) is 0 Å². The Balaban J connectivity index is 1.64. The molecular formula is C17H25N5O3. The Bertz CT molecular complexity index is 736. The van der Waals surface area contributed by atoms with Crippen LogP contribution in [0.25, 0.3) is 0 Å². The molecule has 8 heteroatoms. The zero-order valence-corrected chi connectivity index (χ0v) is 15.1. The fourth-order valence-electron chi connectivity index (χ4n) is 3.51. The van der Waals surface area contributed by atoms with Crippen molar-refractivity contribution in [1.82, 2.24) is 24.5 Å². The normalized spacial score (nSPS) is 19.5. The molecule has 2 amide bonds. The van der Waals surface area contributed by atoms with Crippen molar-refractivity contribution in [2.75, 3.05) is 32.7 Å². The van der Waals surface area contributed by atoms with Crippen molar-refractivity contribution in [3.63, 3.8) is 0 Å². The summed E-state index contributed by atoms with van der Waals surface area (Å²) in [5.41, 5.74) is 1.73. The Hall–Kier alpha value is -2.22. The van der Waals surface area contributed by atoms with Gasteiger partial charge in [-0.25, -0.2) is 4.68 Å². The minimum Gasteiger partial charge on any atom is -0.339 e. The van der Waals surface area contributed by atoms with Gasteiger partial charge >= 0.3 is 0 Å². The van der Waals surface area contributed by atoms with E-state index in [1.54, 1.807) is 24.9 Å². The number of rotatable bonds is 2. The van der Waals surface area contributed by atoms with Gasteiger partial charge in [-0.3, -0.25) is 19.3 Å². The molecule has 0 radical (unpaired) electrons. The number of piperazine rings is 1. The summed E-state index contributed by atoms with van der Waals surface area (Å²) in [4.78, 5) is 41.7. The molecule has 1 fully saturated rings. The summed E-state index contributed by atoms with van der Waals surface area (Å²) in [7, 11) is 1.65. The number of aryl methyl sites for hydroxylation is 1. The Morgan fingerprint density at radius 1 is 1.12 bits per heavy atom. The molecule has 2 aliphatic heterocycles. The fraction of sp³-hybridized carbons (Fsp3) is 0.647. The lowest BCUT2D eigenvalue weighted by Gasteiger charge is -2.39. The zero-order valence-electron chi connectivity index (χ0n) is 15.1. The van der Waals surface area contributed by atoms with Gasteiger partial charge in [-0.2, -0.15) is 5.10 Å². The summed E-state index contributed by atoms with van der Waals surface area (Å²) >= 11 is 0. The molecular weight excluding hydrogens is 322 g/mol. The SMILES string of the molecule is CC(=O)N1CCN(C(=O)[C@@H](C)N2CCc3nn(C)c(=O)cc3C2)CC1. The smallest absolute Gasteiger partial charge is 0.266 e. The first-order valence-electron chi connectivity index (χ1n) is 8.71. The first-order chi connectivity index (χ1) is 11.9. The third kappa shape index (κ3) is 3.58. The first-order valence-corrected chi connectivity index (χ1v) is 8.71. The van der Waals surface area contributed by atoms with Crippen LogP contribution in [0, 0.1) is 0 Å². The minimum absolute atomic E-state index is 0.0573. The lowest BCUT2D eigenvalue weighted by atomic mass is 10.0. The quantitative estimate of drug-likeness (QED) is 0.701. The summed E-state index contributed by atoms with van der Waals surface area (Å²) in [5.74, 6) is 0.144. The van der Waals surface area contributed by atoms with E-state index in [0.29, 0.717) is 32.7 Å². The zero-order chi connectivity index (χ0) is 18.1. The molecule has 2 aliphatic rings. The van der Waals surface area contributed by atoms with Gasteiger partial charge in [-0.1, -0.05) is 0 Å². The van der Waals surface area contributed by atoms with Crippen molar-refractivity contribution >= 4 is 11.8 Å². The predicted molar refractivity (Wildman–Crippen MR) is 91.9 cm³/mol. The summed E-state index contributed by atoms with van der Waals surface area (Å²) in [6.45, 7) is 7.14. The minimum atomic E-state index is -0.249. The summed E-state index contributed by atoms with van der Waals surface area (Å²) in [6, 6.07) is 1.37. The Labute approximate surface area is 147 Å². The van der Waals surface area contributed by atoms with E-state index in [9.17, 15) is 14.4 Å². The van der Waals surface area contributed by atoms with Crippen LogP contribution in [-0.2, 0) is 29.6 Å². The molecule has 1 aromatic heterocycles. The summed E-state index contributed by atoms with van der Waals surface area (Å²) < 4.78 is 1.36. The van der Waals surface area contributed by atoms with E-state index in [1.165, 1.54) is 4.68 Å². The van der Waals surface area contributed by atoms with E-state index in [2.05, 4.69) is 10.00 Å². The van der Waals surface area contributed by atoms with Crippen LogP contribution < -0.4 is 5.56 Å². The first kappa shape index (κ1) is 17.6. The molecule has 3 heterocycles. The molecule has 0 spiro atoms. The van der Waals surface area contributed by atoms with Crippen molar-refractivity contribution in [2.45, 2.75) is 32.9 Å². The van der Waals surface area contributed by atoms with E-state index in [1.807, 2.05) is 11.8 Å². The maximum atomic E-state index is 12.8. The second kappa shape index (κ2) is 6.95. The van der Waals surface area contributed by atoms with E-state index >= 15 is 0 Å². The summed E-state index contributed by atoms with van der Waals surface area (Å²) in [6.07, 6.45) is 0.735. The van der Waals surface area contributed by atoms with Gasteiger partial charge in [0.15, 0.2) is 0 Å². The van der Waals surface area contributed by atoms with E-state index in [-0.39, 0.29) is 23.4 Å². The Kier molecular flexibility index (Phi) is 4.89. The highest BCUT2D eigenvalue weighted by Gasteiger charge is 2.31. The maximum absolute atomic E-state index is 12.8. The molecule has 0 aliphatic carbocycles. The van der Waals surface area contributed by atoms with Crippen LogP contribution >= 0.6 is 0 Å². The number of aromatic nitrogens is 2. The van der Waals surface area contributed by atoms with E-state index in [0.717, 1.165) is 24.2 Å². The van der Waals surface area contributed by atoms with Crippen LogP contribution in [0.1, 0.15) is 25.1 Å². The fourth-order valence-corrected chi connectivity index (χ4v) is 3.51. The summed E-state index contributed by atoms with van der Waals surface area (Å²) in [5, 5.41) is 4.31. The predicted octanol–water partition coefficient (Wildman–Crippen LogP) is -0.782. The largest absolute Gasteiger partial charge is 0.339 e. The van der Waals surface area contributed by atoms with Crippen LogP contribution in [0.5, 0.6) is 0 Å². The lowest BCUT2D eigenvalue weighted by Crippen LogP contribution is -2.55. The number of amides is 2. The van der Waals surface area contributed by atoms with Crippen LogP contribution in [-0.4, -0.2) is 75.1 Å². The van der Waals surface area contributed by atoms with E-state index in [4.69, 9.17) is 0 Å². The number of hydrogen-bond acceptors (Lipinski definition) is 5. The third-order valence-electron chi connectivity index (χ3n) is 5.21. The monoisotopic (exact) mass is 347 g/mol. The number of fused-ring (bicyclic) bond motifs is 1. The molecule has 136 valence electrons. The highest BCUT2D eigenvalue weighted by Crippen LogP contribution is 2.18. The molecule has 0 N–H and O–H groups in total. The molecule has 1 atom stereocenters. The highest BCUT2D eigenvalue weighted by atomic mass is 16.2. The Morgan fingerprint density at radius 2 is 1.76 bits per heavy atom. The molecule has 8 nitrogen and oxygen atoms in total. The number of nitrogens with zero attached hydrogens (tertiary/aromatic N) is 5. The van der Waals surface area contributed by atoms with Crippen molar-refractivity contribution in [1.29, 1.82) is 0 Å². The van der Waals surface area contributed by atoms with Gasteiger partial charge in [0.25, 0.3) is 5.56 Å². The molecule has 0 unspecified atom stereocenters. The third-order valence-corrected chi connectivity index (χ3v) is 5.21. The van der Waals surface area contributed by atoms with Crippen LogP contribution in [0.4, 0.5) is 0 Å². The number of carbonyl (C=O) groups is 2. The van der Waals surface area contributed by atoms with Gasteiger partial charge in [0.1, 0.15) is 0 Å². The van der Waals surface area contributed by atoms with Crippen LogP contribution in [0.15, 0.2) is 10.9 Å². The second-order valence-corrected chi connectivity index (χ2v) is 6.81. The average molecular weight is 347 g/mol. The lowest BCUT2D eigenvalue weighted by molar-refractivity contribution is -0.142.